The van der Waals surface area contributed by atoms with Crippen LogP contribution >= 0.6 is 0 Å². The molecule has 0 aliphatic heterocycles. The van der Waals surface area contributed by atoms with Crippen LogP contribution in [0.1, 0.15) is 43.1 Å². The molecule has 0 aliphatic carbocycles. The van der Waals surface area contributed by atoms with Gasteiger partial charge in [-0.3, -0.25) is 14.3 Å². The summed E-state index contributed by atoms with van der Waals surface area (Å²) in [6.45, 7) is 7.95. The Morgan fingerprint density at radius 2 is 1.87 bits per heavy atom. The van der Waals surface area contributed by atoms with Crippen LogP contribution < -0.4 is 10.9 Å². The average Bonchev–Trinajstić information content (AvgIpc) is 3.05. The highest BCUT2D eigenvalue weighted by atomic mass is 16.2. The first-order valence-electron chi connectivity index (χ1n) is 10.3. The first kappa shape index (κ1) is 19.9. The Labute approximate surface area is 175 Å². The van der Waals surface area contributed by atoms with E-state index in [1.807, 2.05) is 72.4 Å². The normalized spacial score (nSPS) is 12.4. The molecule has 6 nitrogen and oxygen atoms in total. The van der Waals surface area contributed by atoms with Gasteiger partial charge in [-0.25, -0.2) is 4.52 Å². The van der Waals surface area contributed by atoms with Crippen molar-refractivity contribution in [3.05, 3.63) is 75.7 Å². The summed E-state index contributed by atoms with van der Waals surface area (Å²) in [6, 6.07) is 14.9. The van der Waals surface area contributed by atoms with Crippen LogP contribution in [-0.2, 0) is 11.2 Å². The number of carbonyl (C=O) groups excluding carboxylic acids is 1. The molecule has 0 saturated heterocycles. The van der Waals surface area contributed by atoms with Gasteiger partial charge in [-0.2, -0.15) is 4.98 Å². The zero-order chi connectivity index (χ0) is 21.4. The number of nitrogens with zero attached hydrogens (tertiary/aromatic N) is 3. The summed E-state index contributed by atoms with van der Waals surface area (Å²) in [4.78, 5) is 29.8. The fraction of sp³-hybridized carbons (Fsp3) is 0.292. The van der Waals surface area contributed by atoms with Crippen molar-refractivity contribution in [3.63, 3.8) is 0 Å². The lowest BCUT2D eigenvalue weighted by Gasteiger charge is -2.22. The summed E-state index contributed by atoms with van der Waals surface area (Å²) in [6.07, 6.45) is 1.44. The maximum atomic E-state index is 13.5. The Morgan fingerprint density at radius 3 is 2.60 bits per heavy atom. The molecule has 2 aromatic carbocycles. The summed E-state index contributed by atoms with van der Waals surface area (Å²) in [5, 5.41) is 4.03. The van der Waals surface area contributed by atoms with E-state index >= 15 is 0 Å². The van der Waals surface area contributed by atoms with Crippen molar-refractivity contribution < 1.29 is 4.79 Å². The van der Waals surface area contributed by atoms with Crippen LogP contribution in [0.25, 0.3) is 16.6 Å². The molecule has 1 atom stereocenters. The quantitative estimate of drug-likeness (QED) is 0.537. The molecule has 6 heteroatoms. The fourth-order valence-corrected chi connectivity index (χ4v) is 4.19. The molecule has 30 heavy (non-hydrogen) atoms. The highest BCUT2D eigenvalue weighted by Gasteiger charge is 2.25. The molecule has 2 aromatic heterocycles. The van der Waals surface area contributed by atoms with E-state index in [9.17, 15) is 9.59 Å². The summed E-state index contributed by atoms with van der Waals surface area (Å²) in [5.41, 5.74) is 4.96. The minimum Gasteiger partial charge on any atom is -0.324 e. The highest BCUT2D eigenvalue weighted by Crippen LogP contribution is 2.28. The van der Waals surface area contributed by atoms with Crippen molar-refractivity contribution in [3.8, 4) is 0 Å². The van der Waals surface area contributed by atoms with Crippen molar-refractivity contribution in [2.45, 2.75) is 46.6 Å². The molecule has 0 saturated carbocycles. The van der Waals surface area contributed by atoms with Crippen LogP contribution in [0.5, 0.6) is 0 Å². The number of benzene rings is 2. The maximum absolute atomic E-state index is 13.5. The van der Waals surface area contributed by atoms with Crippen LogP contribution in [0.4, 0.5) is 5.69 Å². The van der Waals surface area contributed by atoms with Crippen LogP contribution in [0.2, 0.25) is 0 Å². The van der Waals surface area contributed by atoms with E-state index in [4.69, 9.17) is 0 Å². The second kappa shape index (κ2) is 7.78. The second-order valence-corrected chi connectivity index (χ2v) is 7.61. The Kier molecular flexibility index (Phi) is 5.16. The number of nitrogens with one attached hydrogen (secondary N) is 1. The van der Waals surface area contributed by atoms with E-state index in [1.54, 1.807) is 0 Å². The van der Waals surface area contributed by atoms with Gasteiger partial charge in [0.05, 0.1) is 5.52 Å². The van der Waals surface area contributed by atoms with Gasteiger partial charge in [-0.15, -0.1) is 0 Å². The number of rotatable bonds is 5. The van der Waals surface area contributed by atoms with Gasteiger partial charge in [0.1, 0.15) is 6.04 Å². The Morgan fingerprint density at radius 1 is 1.10 bits per heavy atom. The van der Waals surface area contributed by atoms with Gasteiger partial charge < -0.3 is 5.32 Å². The lowest BCUT2D eigenvalue weighted by Crippen LogP contribution is -2.29. The van der Waals surface area contributed by atoms with Gasteiger partial charge in [-0.1, -0.05) is 44.2 Å². The summed E-state index contributed by atoms with van der Waals surface area (Å²) < 4.78 is 3.85. The van der Waals surface area contributed by atoms with E-state index in [2.05, 4.69) is 17.2 Å². The molecule has 0 radical (unpaired) electrons. The third-order valence-electron chi connectivity index (χ3n) is 5.66. The van der Waals surface area contributed by atoms with Crippen LogP contribution in [-0.4, -0.2) is 20.1 Å². The van der Waals surface area contributed by atoms with Gasteiger partial charge in [0, 0.05) is 22.8 Å². The molecule has 0 bridgehead atoms. The monoisotopic (exact) mass is 402 g/mol. The topological polar surface area (TPSA) is 68.4 Å². The number of hydrogen-bond acceptors (Lipinski definition) is 3. The standard InChI is InChI=1S/C24H26N4O2/c1-5-17-11-9-10-15(3)22(17)26-24(30)19(6-2)28-20-13-8-7-12-18(20)23-25-21(29)14-16(4)27(23)28/h7-14,19H,5-6H2,1-4H3,(H,26,30)/t19-/m0/s1. The third kappa shape index (κ3) is 3.18. The third-order valence-corrected chi connectivity index (χ3v) is 5.66. The number of hydrogen-bond donors (Lipinski definition) is 1. The van der Waals surface area contributed by atoms with Crippen LogP contribution in [0.15, 0.2) is 53.3 Å². The number of aromatic nitrogens is 3. The lowest BCUT2D eigenvalue weighted by atomic mass is 10.1. The molecule has 0 fully saturated rings. The van der Waals surface area contributed by atoms with Gasteiger partial charge in [0.25, 0.3) is 5.56 Å². The Balaban J connectivity index is 1.90. The molecule has 4 aromatic rings. The zero-order valence-electron chi connectivity index (χ0n) is 17.8. The van der Waals surface area contributed by atoms with Crippen LogP contribution in [0.3, 0.4) is 0 Å². The van der Waals surface area contributed by atoms with E-state index in [1.165, 1.54) is 6.07 Å². The maximum Gasteiger partial charge on any atom is 0.273 e. The zero-order valence-corrected chi connectivity index (χ0v) is 17.8. The van der Waals surface area contributed by atoms with Gasteiger partial charge in [0.2, 0.25) is 5.91 Å². The number of anilines is 1. The van der Waals surface area contributed by atoms with Crippen LogP contribution in [0, 0.1) is 13.8 Å². The molecule has 0 aliphatic rings. The Bertz CT molecular complexity index is 1320. The van der Waals surface area contributed by atoms with Crippen molar-refractivity contribution in [2.75, 3.05) is 5.32 Å². The summed E-state index contributed by atoms with van der Waals surface area (Å²) in [7, 11) is 0. The molecular weight excluding hydrogens is 376 g/mol. The fourth-order valence-electron chi connectivity index (χ4n) is 4.19. The first-order valence-corrected chi connectivity index (χ1v) is 10.3. The minimum atomic E-state index is -0.459. The largest absolute Gasteiger partial charge is 0.324 e. The Hall–Kier alpha value is -3.41. The summed E-state index contributed by atoms with van der Waals surface area (Å²) in [5.74, 6) is -0.0812. The van der Waals surface area contributed by atoms with Gasteiger partial charge in [0.15, 0.2) is 5.65 Å². The predicted octanol–water partition coefficient (Wildman–Crippen LogP) is 4.42. The minimum absolute atomic E-state index is 0.0812. The molecule has 2 heterocycles. The van der Waals surface area contributed by atoms with E-state index in [0.29, 0.717) is 12.1 Å². The number of amides is 1. The molecule has 4 rings (SSSR count). The molecule has 154 valence electrons. The molecule has 0 unspecified atom stereocenters. The molecule has 0 spiro atoms. The molecular formula is C24H26N4O2. The first-order chi connectivity index (χ1) is 14.5. The van der Waals surface area contributed by atoms with Crippen molar-refractivity contribution in [2.24, 2.45) is 0 Å². The lowest BCUT2D eigenvalue weighted by molar-refractivity contribution is -0.119. The molecule has 1 N–H and O–H groups in total. The van der Waals surface area contributed by atoms with E-state index < -0.39 is 6.04 Å². The van der Waals surface area contributed by atoms with Crippen molar-refractivity contribution in [1.29, 1.82) is 0 Å². The predicted molar refractivity (Wildman–Crippen MR) is 120 cm³/mol. The van der Waals surface area contributed by atoms with Crippen molar-refractivity contribution in [1.82, 2.24) is 14.2 Å². The average molecular weight is 402 g/mol. The number of carbonyl (C=O) groups is 1. The van der Waals surface area contributed by atoms with E-state index in [0.717, 1.165) is 39.8 Å². The number of para-hydroxylation sites is 2. The number of aryl methyl sites for hydroxylation is 3. The highest BCUT2D eigenvalue weighted by molar-refractivity contribution is 5.98. The SMILES string of the molecule is CCc1cccc(C)c1NC(=O)[C@H](CC)n1c2ccccc2c2nc(=O)cc(C)n21. The van der Waals surface area contributed by atoms with E-state index in [-0.39, 0.29) is 11.5 Å². The van der Waals surface area contributed by atoms with Gasteiger partial charge >= 0.3 is 0 Å². The number of fused-ring (bicyclic) bond motifs is 3. The second-order valence-electron chi connectivity index (χ2n) is 7.61. The van der Waals surface area contributed by atoms with Gasteiger partial charge in [-0.05, 0) is 49.9 Å². The molecule has 1 amide bonds. The summed E-state index contributed by atoms with van der Waals surface area (Å²) >= 11 is 0. The van der Waals surface area contributed by atoms with Crippen molar-refractivity contribution >= 4 is 28.1 Å². The smallest absolute Gasteiger partial charge is 0.273 e.